The average Bonchev–Trinajstić information content (AvgIpc) is 2.94. The number of amides is 1. The summed E-state index contributed by atoms with van der Waals surface area (Å²) in [6.07, 6.45) is 2.43. The highest BCUT2D eigenvalue weighted by molar-refractivity contribution is 7.15. The first kappa shape index (κ1) is 11.4. The number of carbonyl (C=O) groups is 1. The molecule has 0 aromatic carbocycles. The maximum absolute atomic E-state index is 12.0. The van der Waals surface area contributed by atoms with Crippen molar-refractivity contribution in [2.75, 3.05) is 11.9 Å². The topological polar surface area (TPSA) is 67.2 Å². The number of hydrogen-bond donors (Lipinski definition) is 2. The van der Waals surface area contributed by atoms with Gasteiger partial charge in [-0.2, -0.15) is 0 Å². The molecule has 0 unspecified atom stereocenters. The molecule has 2 N–H and O–H groups in total. The van der Waals surface area contributed by atoms with Crippen LogP contribution < -0.4 is 10.6 Å². The molecule has 0 fully saturated rings. The van der Waals surface area contributed by atoms with Crippen molar-refractivity contribution in [1.82, 2.24) is 10.3 Å². The highest BCUT2D eigenvalue weighted by Gasteiger charge is 2.18. The number of nitrogens with one attached hydrogen (secondary N) is 2. The molecule has 3 heterocycles. The third kappa shape index (κ3) is 2.04. The van der Waals surface area contributed by atoms with Gasteiger partial charge in [0.2, 0.25) is 0 Å². The van der Waals surface area contributed by atoms with E-state index in [4.69, 9.17) is 4.42 Å². The predicted molar refractivity (Wildman–Crippen MR) is 68.9 cm³/mol. The van der Waals surface area contributed by atoms with Crippen molar-refractivity contribution in [2.24, 2.45) is 0 Å². The van der Waals surface area contributed by atoms with Crippen LogP contribution in [0, 0.1) is 6.92 Å². The van der Waals surface area contributed by atoms with E-state index >= 15 is 0 Å². The van der Waals surface area contributed by atoms with Crippen LogP contribution in [-0.2, 0) is 13.0 Å². The Bertz CT molecular complexity index is 564. The van der Waals surface area contributed by atoms with Crippen molar-refractivity contribution in [2.45, 2.75) is 19.9 Å². The number of fused-ring (bicyclic) bond motifs is 1. The van der Waals surface area contributed by atoms with E-state index in [1.54, 1.807) is 6.07 Å². The van der Waals surface area contributed by atoms with Gasteiger partial charge < -0.3 is 9.73 Å². The van der Waals surface area contributed by atoms with Crippen LogP contribution in [0.1, 0.15) is 26.7 Å². The fourth-order valence-electron chi connectivity index (χ4n) is 1.94. The Morgan fingerprint density at radius 3 is 3.22 bits per heavy atom. The van der Waals surface area contributed by atoms with Crippen LogP contribution in [0.4, 0.5) is 5.13 Å². The van der Waals surface area contributed by atoms with Gasteiger partial charge in [-0.3, -0.25) is 10.1 Å². The molecule has 18 heavy (non-hydrogen) atoms. The SMILES string of the molecule is Cc1ccoc1C(=O)Nc1nc2c(s1)CNCC2. The molecule has 0 atom stereocenters. The summed E-state index contributed by atoms with van der Waals surface area (Å²) in [6.45, 7) is 3.62. The summed E-state index contributed by atoms with van der Waals surface area (Å²) in [5, 5.41) is 6.72. The molecule has 0 saturated heterocycles. The Labute approximate surface area is 108 Å². The first-order valence-corrected chi connectivity index (χ1v) is 6.60. The second-order valence-corrected chi connectivity index (χ2v) is 5.29. The standard InChI is InChI=1S/C12H13N3O2S/c1-7-3-5-17-10(7)11(16)15-12-14-8-2-4-13-6-9(8)18-12/h3,5,13H,2,4,6H2,1H3,(H,14,15,16). The van der Waals surface area contributed by atoms with E-state index in [9.17, 15) is 4.79 Å². The minimum atomic E-state index is -0.239. The number of aromatic nitrogens is 1. The number of anilines is 1. The number of thiazole rings is 1. The third-order valence-corrected chi connectivity index (χ3v) is 3.90. The van der Waals surface area contributed by atoms with Crippen LogP contribution in [0.2, 0.25) is 0 Å². The van der Waals surface area contributed by atoms with Gasteiger partial charge in [-0.25, -0.2) is 4.98 Å². The number of hydrogen-bond acceptors (Lipinski definition) is 5. The van der Waals surface area contributed by atoms with Crippen LogP contribution >= 0.6 is 11.3 Å². The molecule has 3 rings (SSSR count). The zero-order chi connectivity index (χ0) is 12.5. The average molecular weight is 263 g/mol. The summed E-state index contributed by atoms with van der Waals surface area (Å²) in [7, 11) is 0. The van der Waals surface area contributed by atoms with E-state index in [0.29, 0.717) is 10.9 Å². The summed E-state index contributed by atoms with van der Waals surface area (Å²) in [5.74, 6) is 0.109. The molecule has 0 aliphatic carbocycles. The lowest BCUT2D eigenvalue weighted by Gasteiger charge is -2.09. The summed E-state index contributed by atoms with van der Waals surface area (Å²) in [6, 6.07) is 1.77. The first-order valence-electron chi connectivity index (χ1n) is 5.79. The molecule has 94 valence electrons. The van der Waals surface area contributed by atoms with E-state index in [1.807, 2.05) is 6.92 Å². The number of furan rings is 1. The van der Waals surface area contributed by atoms with Gasteiger partial charge in [0.25, 0.3) is 5.91 Å². The normalized spacial score (nSPS) is 14.3. The minimum Gasteiger partial charge on any atom is -0.459 e. The Kier molecular flexibility index (Phi) is 2.89. The Hall–Kier alpha value is -1.66. The quantitative estimate of drug-likeness (QED) is 0.869. The van der Waals surface area contributed by atoms with Gasteiger partial charge in [0.1, 0.15) is 0 Å². The molecule has 0 radical (unpaired) electrons. The van der Waals surface area contributed by atoms with Crippen LogP contribution in [0.15, 0.2) is 16.7 Å². The molecule has 5 nitrogen and oxygen atoms in total. The van der Waals surface area contributed by atoms with Crippen LogP contribution in [0.3, 0.4) is 0 Å². The number of nitrogens with zero attached hydrogens (tertiary/aromatic N) is 1. The number of aryl methyl sites for hydroxylation is 1. The molecule has 0 saturated carbocycles. The van der Waals surface area contributed by atoms with Crippen molar-refractivity contribution in [3.8, 4) is 0 Å². The fraction of sp³-hybridized carbons (Fsp3) is 0.333. The van der Waals surface area contributed by atoms with Gasteiger partial charge in [0.05, 0.1) is 12.0 Å². The highest BCUT2D eigenvalue weighted by atomic mass is 32.1. The summed E-state index contributed by atoms with van der Waals surface area (Å²) in [5.41, 5.74) is 1.92. The number of carbonyl (C=O) groups excluding carboxylic acids is 1. The lowest BCUT2D eigenvalue weighted by molar-refractivity contribution is 0.0996. The lowest BCUT2D eigenvalue weighted by atomic mass is 10.2. The van der Waals surface area contributed by atoms with Crippen molar-refractivity contribution in [1.29, 1.82) is 0 Å². The second kappa shape index (κ2) is 4.55. The monoisotopic (exact) mass is 263 g/mol. The van der Waals surface area contributed by atoms with Crippen molar-refractivity contribution in [3.63, 3.8) is 0 Å². The minimum absolute atomic E-state index is 0.239. The molecule has 2 aromatic heterocycles. The van der Waals surface area contributed by atoms with Crippen molar-refractivity contribution >= 4 is 22.4 Å². The fourth-order valence-corrected chi connectivity index (χ4v) is 2.91. The Morgan fingerprint density at radius 1 is 1.61 bits per heavy atom. The van der Waals surface area contributed by atoms with Gasteiger partial charge in [-0.05, 0) is 13.0 Å². The smallest absolute Gasteiger partial charge is 0.293 e. The van der Waals surface area contributed by atoms with E-state index in [0.717, 1.165) is 30.8 Å². The second-order valence-electron chi connectivity index (χ2n) is 4.20. The van der Waals surface area contributed by atoms with E-state index in [-0.39, 0.29) is 5.91 Å². The summed E-state index contributed by atoms with van der Waals surface area (Å²) >= 11 is 1.52. The molecule has 0 spiro atoms. The maximum Gasteiger partial charge on any atom is 0.293 e. The molecule has 2 aromatic rings. The van der Waals surface area contributed by atoms with Gasteiger partial charge in [0, 0.05) is 30.0 Å². The van der Waals surface area contributed by atoms with Crippen LogP contribution in [0.25, 0.3) is 0 Å². The third-order valence-electron chi connectivity index (χ3n) is 2.89. The van der Waals surface area contributed by atoms with Crippen molar-refractivity contribution < 1.29 is 9.21 Å². The molecule has 1 aliphatic heterocycles. The molecule has 0 bridgehead atoms. The van der Waals surface area contributed by atoms with Gasteiger partial charge in [-0.15, -0.1) is 11.3 Å². The van der Waals surface area contributed by atoms with Gasteiger partial charge in [-0.1, -0.05) is 0 Å². The lowest BCUT2D eigenvalue weighted by Crippen LogP contribution is -2.22. The van der Waals surface area contributed by atoms with Crippen LogP contribution in [0.5, 0.6) is 0 Å². The summed E-state index contributed by atoms with van der Waals surface area (Å²) < 4.78 is 5.15. The molecule has 1 amide bonds. The van der Waals surface area contributed by atoms with E-state index in [2.05, 4.69) is 15.6 Å². The Morgan fingerprint density at radius 2 is 2.50 bits per heavy atom. The molecular weight excluding hydrogens is 250 g/mol. The zero-order valence-electron chi connectivity index (χ0n) is 9.95. The van der Waals surface area contributed by atoms with Crippen molar-refractivity contribution in [3.05, 3.63) is 34.2 Å². The highest BCUT2D eigenvalue weighted by Crippen LogP contribution is 2.26. The number of rotatable bonds is 2. The molecular formula is C12H13N3O2S. The first-order chi connectivity index (χ1) is 8.74. The Balaban J connectivity index is 1.79. The predicted octanol–water partition coefficient (Wildman–Crippen LogP) is 1.94. The zero-order valence-corrected chi connectivity index (χ0v) is 10.8. The van der Waals surface area contributed by atoms with Gasteiger partial charge >= 0.3 is 0 Å². The molecule has 6 heteroatoms. The van der Waals surface area contributed by atoms with E-state index < -0.39 is 0 Å². The van der Waals surface area contributed by atoms with Gasteiger partial charge in [0.15, 0.2) is 10.9 Å². The van der Waals surface area contributed by atoms with Crippen LogP contribution in [-0.4, -0.2) is 17.4 Å². The maximum atomic E-state index is 12.0. The molecule has 1 aliphatic rings. The largest absolute Gasteiger partial charge is 0.459 e. The van der Waals surface area contributed by atoms with E-state index in [1.165, 1.54) is 22.5 Å². The summed E-state index contributed by atoms with van der Waals surface area (Å²) in [4.78, 5) is 17.6.